The van der Waals surface area contributed by atoms with Crippen molar-refractivity contribution in [2.75, 3.05) is 13.1 Å². The summed E-state index contributed by atoms with van der Waals surface area (Å²) in [5, 5.41) is 9.32. The highest BCUT2D eigenvalue weighted by molar-refractivity contribution is 5.38. The topological polar surface area (TPSA) is 23.5 Å². The van der Waals surface area contributed by atoms with Crippen LogP contribution in [0.25, 0.3) is 0 Å². The third-order valence-electron chi connectivity index (χ3n) is 3.95. The molecule has 1 heterocycles. The summed E-state index contributed by atoms with van der Waals surface area (Å²) >= 11 is 0. The summed E-state index contributed by atoms with van der Waals surface area (Å²) in [6, 6.07) is 3.77. The maximum Gasteiger partial charge on any atom is 0.419 e. The molecule has 0 amide bonds. The van der Waals surface area contributed by atoms with Crippen molar-refractivity contribution in [3.8, 4) is 5.75 Å². The largest absolute Gasteiger partial charge is 0.507 e. The number of alkyl halides is 3. The molecule has 1 fully saturated rings. The van der Waals surface area contributed by atoms with Gasteiger partial charge in [0.15, 0.2) is 0 Å². The van der Waals surface area contributed by atoms with Crippen LogP contribution in [-0.4, -0.2) is 23.1 Å². The molecular formula is C15H20F3NO. The predicted molar refractivity (Wildman–Crippen MR) is 71.4 cm³/mol. The minimum Gasteiger partial charge on any atom is -0.507 e. The maximum atomic E-state index is 12.8. The molecule has 5 heteroatoms. The summed E-state index contributed by atoms with van der Waals surface area (Å²) < 4.78 is 38.3. The van der Waals surface area contributed by atoms with Crippen LogP contribution in [0.1, 0.15) is 37.3 Å². The van der Waals surface area contributed by atoms with Gasteiger partial charge < -0.3 is 5.11 Å². The van der Waals surface area contributed by atoms with Crippen LogP contribution < -0.4 is 0 Å². The molecule has 1 aliphatic heterocycles. The summed E-state index contributed by atoms with van der Waals surface area (Å²) in [4.78, 5) is 2.20. The quantitative estimate of drug-likeness (QED) is 0.907. The normalized spacial score (nSPS) is 21.1. The molecule has 2 rings (SSSR count). The Morgan fingerprint density at radius 2 is 2.10 bits per heavy atom. The van der Waals surface area contributed by atoms with Crippen LogP contribution in [0, 0.1) is 5.92 Å². The fraction of sp³-hybridized carbons (Fsp3) is 0.600. The van der Waals surface area contributed by atoms with Gasteiger partial charge in [-0.2, -0.15) is 13.2 Å². The molecule has 112 valence electrons. The summed E-state index contributed by atoms with van der Waals surface area (Å²) in [5.41, 5.74) is -0.342. The SMILES string of the molecule is CCC1CCCN(Cc2ccc(O)c(C(F)(F)F)c2)C1. The van der Waals surface area contributed by atoms with E-state index in [0.29, 0.717) is 18.0 Å². The number of phenols is 1. The van der Waals surface area contributed by atoms with Crippen molar-refractivity contribution in [2.45, 2.75) is 38.9 Å². The second-order valence-corrected chi connectivity index (χ2v) is 5.50. The molecule has 1 aromatic carbocycles. The molecule has 0 aliphatic carbocycles. The first-order valence-electron chi connectivity index (χ1n) is 7.01. The second-order valence-electron chi connectivity index (χ2n) is 5.50. The van der Waals surface area contributed by atoms with Crippen LogP contribution in [0.15, 0.2) is 18.2 Å². The lowest BCUT2D eigenvalue weighted by molar-refractivity contribution is -0.138. The first-order valence-corrected chi connectivity index (χ1v) is 7.01. The van der Waals surface area contributed by atoms with Crippen molar-refractivity contribution in [3.63, 3.8) is 0 Å². The lowest BCUT2D eigenvalue weighted by atomic mass is 9.95. The minimum atomic E-state index is -4.51. The Kier molecular flexibility index (Phi) is 4.58. The van der Waals surface area contributed by atoms with Gasteiger partial charge in [0.05, 0.1) is 5.56 Å². The van der Waals surface area contributed by atoms with Gasteiger partial charge in [0.2, 0.25) is 0 Å². The Hall–Kier alpha value is -1.23. The Labute approximate surface area is 117 Å². The number of benzene rings is 1. The van der Waals surface area contributed by atoms with Gasteiger partial charge in [-0.3, -0.25) is 4.90 Å². The van der Waals surface area contributed by atoms with Crippen LogP contribution in [-0.2, 0) is 12.7 Å². The molecule has 0 spiro atoms. The second kappa shape index (κ2) is 6.04. The number of phenolic OH excluding ortho intramolecular Hbond substituents is 1. The number of rotatable bonds is 3. The molecule has 1 aromatic rings. The average Bonchev–Trinajstić information content (AvgIpc) is 2.40. The summed E-state index contributed by atoms with van der Waals surface area (Å²) in [7, 11) is 0. The molecule has 0 bridgehead atoms. The van der Waals surface area contributed by atoms with E-state index >= 15 is 0 Å². The van der Waals surface area contributed by atoms with Gasteiger partial charge in [0, 0.05) is 13.1 Å². The zero-order chi connectivity index (χ0) is 14.8. The smallest absolute Gasteiger partial charge is 0.419 e. The van der Waals surface area contributed by atoms with Gasteiger partial charge in [-0.05, 0) is 43.0 Å². The van der Waals surface area contributed by atoms with Crippen molar-refractivity contribution >= 4 is 0 Å². The van der Waals surface area contributed by atoms with E-state index in [1.807, 2.05) is 0 Å². The van der Waals surface area contributed by atoms with Crippen molar-refractivity contribution < 1.29 is 18.3 Å². The summed E-state index contributed by atoms with van der Waals surface area (Å²) in [5.74, 6) is -0.0609. The Bertz CT molecular complexity index is 459. The number of halogens is 3. The summed E-state index contributed by atoms with van der Waals surface area (Å²) in [6.45, 7) is 4.54. The minimum absolute atomic E-state index is 0.514. The van der Waals surface area contributed by atoms with Crippen molar-refractivity contribution in [3.05, 3.63) is 29.3 Å². The van der Waals surface area contributed by atoms with Crippen LogP contribution in [0.4, 0.5) is 13.2 Å². The fourth-order valence-electron chi connectivity index (χ4n) is 2.79. The molecule has 20 heavy (non-hydrogen) atoms. The van der Waals surface area contributed by atoms with Gasteiger partial charge in [0.25, 0.3) is 0 Å². The summed E-state index contributed by atoms with van der Waals surface area (Å²) in [6.07, 6.45) is -1.09. The number of nitrogens with zero attached hydrogens (tertiary/aromatic N) is 1. The Morgan fingerprint density at radius 1 is 1.35 bits per heavy atom. The molecule has 1 N–H and O–H groups in total. The molecule has 2 nitrogen and oxygen atoms in total. The number of hydrogen-bond donors (Lipinski definition) is 1. The number of likely N-dealkylation sites (tertiary alicyclic amines) is 1. The van der Waals surface area contributed by atoms with E-state index in [-0.39, 0.29) is 0 Å². The number of piperidine rings is 1. The first kappa shape index (κ1) is 15.2. The molecule has 1 aliphatic rings. The van der Waals surface area contributed by atoms with E-state index in [4.69, 9.17) is 0 Å². The Morgan fingerprint density at radius 3 is 2.75 bits per heavy atom. The highest BCUT2D eigenvalue weighted by Gasteiger charge is 2.34. The number of aromatic hydroxyl groups is 1. The third-order valence-corrected chi connectivity index (χ3v) is 3.95. The van der Waals surface area contributed by atoms with E-state index < -0.39 is 17.5 Å². The molecule has 1 saturated heterocycles. The van der Waals surface area contributed by atoms with Crippen LogP contribution in [0.3, 0.4) is 0 Å². The van der Waals surface area contributed by atoms with Crippen LogP contribution >= 0.6 is 0 Å². The van der Waals surface area contributed by atoms with E-state index in [9.17, 15) is 18.3 Å². The van der Waals surface area contributed by atoms with Gasteiger partial charge in [0.1, 0.15) is 5.75 Å². The van der Waals surface area contributed by atoms with Gasteiger partial charge in [-0.1, -0.05) is 19.4 Å². The lowest BCUT2D eigenvalue weighted by Crippen LogP contribution is -2.34. The molecular weight excluding hydrogens is 267 g/mol. The molecule has 1 atom stereocenters. The zero-order valence-electron chi connectivity index (χ0n) is 11.6. The van der Waals surface area contributed by atoms with Crippen LogP contribution in [0.5, 0.6) is 5.75 Å². The van der Waals surface area contributed by atoms with Gasteiger partial charge in [-0.15, -0.1) is 0 Å². The van der Waals surface area contributed by atoms with E-state index in [1.54, 1.807) is 6.07 Å². The van der Waals surface area contributed by atoms with E-state index in [2.05, 4.69) is 11.8 Å². The predicted octanol–water partition coefficient (Wildman–Crippen LogP) is 4.03. The van der Waals surface area contributed by atoms with Crippen LogP contribution in [0.2, 0.25) is 0 Å². The highest BCUT2D eigenvalue weighted by atomic mass is 19.4. The Balaban J connectivity index is 2.10. The lowest BCUT2D eigenvalue weighted by Gasteiger charge is -2.32. The monoisotopic (exact) mass is 287 g/mol. The first-order chi connectivity index (χ1) is 9.40. The van der Waals surface area contributed by atoms with E-state index in [0.717, 1.165) is 38.1 Å². The van der Waals surface area contributed by atoms with Gasteiger partial charge >= 0.3 is 6.18 Å². The molecule has 0 saturated carbocycles. The highest BCUT2D eigenvalue weighted by Crippen LogP contribution is 2.36. The average molecular weight is 287 g/mol. The molecule has 1 unspecified atom stereocenters. The van der Waals surface area contributed by atoms with Crippen molar-refractivity contribution in [1.29, 1.82) is 0 Å². The van der Waals surface area contributed by atoms with Gasteiger partial charge in [-0.25, -0.2) is 0 Å². The number of hydrogen-bond acceptors (Lipinski definition) is 2. The molecule has 0 aromatic heterocycles. The van der Waals surface area contributed by atoms with Crippen molar-refractivity contribution in [1.82, 2.24) is 4.90 Å². The van der Waals surface area contributed by atoms with Crippen molar-refractivity contribution in [2.24, 2.45) is 5.92 Å². The van der Waals surface area contributed by atoms with E-state index in [1.165, 1.54) is 6.42 Å². The zero-order valence-corrected chi connectivity index (χ0v) is 11.6. The maximum absolute atomic E-state index is 12.8. The third kappa shape index (κ3) is 3.66. The molecule has 0 radical (unpaired) electrons. The standard InChI is InChI=1S/C15H20F3NO/c1-2-11-4-3-7-19(9-11)10-12-5-6-14(20)13(8-12)15(16,17)18/h5-6,8,11,20H,2-4,7,9-10H2,1H3. The fourth-order valence-corrected chi connectivity index (χ4v) is 2.79.